The Kier molecular flexibility index (Phi) is 4.09. The lowest BCUT2D eigenvalue weighted by molar-refractivity contribution is -0.0414. The van der Waals surface area contributed by atoms with Gasteiger partial charge in [0.15, 0.2) is 11.6 Å². The van der Waals surface area contributed by atoms with Crippen molar-refractivity contribution >= 4 is 28.4 Å². The van der Waals surface area contributed by atoms with Crippen LogP contribution in [0.25, 0.3) is 0 Å². The van der Waals surface area contributed by atoms with E-state index in [1.807, 2.05) is 12.3 Å². The van der Waals surface area contributed by atoms with Gasteiger partial charge in [0, 0.05) is 25.8 Å². The molecule has 2 aliphatic heterocycles. The highest BCUT2D eigenvalue weighted by molar-refractivity contribution is 14.1. The molecule has 3 heterocycles. The van der Waals surface area contributed by atoms with Gasteiger partial charge in [-0.3, -0.25) is 0 Å². The van der Waals surface area contributed by atoms with Crippen LogP contribution in [0.1, 0.15) is 6.42 Å². The minimum absolute atomic E-state index is 0.365. The molecule has 1 unspecified atom stereocenters. The number of hydrogen-bond acceptors (Lipinski definition) is 5. The Bertz CT molecular complexity index is 458. The Balaban J connectivity index is 1.71. The van der Waals surface area contributed by atoms with Gasteiger partial charge in [-0.05, 0) is 35.1 Å². The third-order valence-electron chi connectivity index (χ3n) is 3.59. The molecular weight excluding hydrogens is 359 g/mol. The highest BCUT2D eigenvalue weighted by Gasteiger charge is 2.38. The van der Waals surface area contributed by atoms with Crippen molar-refractivity contribution in [1.29, 1.82) is 0 Å². The SMILES string of the molecule is COCOCC1C[C@H]2COc3c(I)ccnc3N2C1. The maximum atomic E-state index is 5.86. The van der Waals surface area contributed by atoms with Crippen molar-refractivity contribution in [3.8, 4) is 5.75 Å². The minimum Gasteiger partial charge on any atom is -0.486 e. The van der Waals surface area contributed by atoms with E-state index in [2.05, 4.69) is 32.5 Å². The Morgan fingerprint density at radius 3 is 3.32 bits per heavy atom. The summed E-state index contributed by atoms with van der Waals surface area (Å²) in [6.07, 6.45) is 2.94. The van der Waals surface area contributed by atoms with Gasteiger partial charge in [-0.2, -0.15) is 0 Å². The Morgan fingerprint density at radius 1 is 1.58 bits per heavy atom. The van der Waals surface area contributed by atoms with Crippen LogP contribution >= 0.6 is 22.6 Å². The second-order valence-electron chi connectivity index (χ2n) is 4.94. The summed E-state index contributed by atoms with van der Waals surface area (Å²) in [6, 6.07) is 2.41. The fourth-order valence-electron chi connectivity index (χ4n) is 2.78. The van der Waals surface area contributed by atoms with Crippen LogP contribution in [-0.4, -0.2) is 44.7 Å². The molecular formula is C13H17IN2O3. The van der Waals surface area contributed by atoms with Crippen LogP contribution in [0.5, 0.6) is 5.75 Å². The fraction of sp³-hybridized carbons (Fsp3) is 0.615. The molecule has 2 atom stereocenters. The van der Waals surface area contributed by atoms with E-state index in [-0.39, 0.29) is 0 Å². The molecule has 0 amide bonds. The van der Waals surface area contributed by atoms with E-state index < -0.39 is 0 Å². The van der Waals surface area contributed by atoms with E-state index in [0.29, 0.717) is 18.8 Å². The number of hydrogen-bond donors (Lipinski definition) is 0. The summed E-state index contributed by atoms with van der Waals surface area (Å²) in [6.45, 7) is 2.83. The van der Waals surface area contributed by atoms with Crippen molar-refractivity contribution in [2.24, 2.45) is 5.92 Å². The van der Waals surface area contributed by atoms with Crippen molar-refractivity contribution in [2.45, 2.75) is 12.5 Å². The number of pyridine rings is 1. The van der Waals surface area contributed by atoms with Gasteiger partial charge in [0.25, 0.3) is 0 Å². The van der Waals surface area contributed by atoms with Gasteiger partial charge < -0.3 is 19.1 Å². The van der Waals surface area contributed by atoms with Crippen molar-refractivity contribution in [3.63, 3.8) is 0 Å². The second-order valence-corrected chi connectivity index (χ2v) is 6.10. The molecule has 19 heavy (non-hydrogen) atoms. The lowest BCUT2D eigenvalue weighted by atomic mass is 10.1. The van der Waals surface area contributed by atoms with Crippen LogP contribution in [0.3, 0.4) is 0 Å². The number of aromatic nitrogens is 1. The molecule has 0 spiro atoms. The molecule has 2 aliphatic rings. The smallest absolute Gasteiger partial charge is 0.175 e. The molecule has 0 bridgehead atoms. The van der Waals surface area contributed by atoms with E-state index in [1.165, 1.54) is 0 Å². The maximum Gasteiger partial charge on any atom is 0.175 e. The van der Waals surface area contributed by atoms with Crippen molar-refractivity contribution in [1.82, 2.24) is 4.98 Å². The molecule has 1 aromatic rings. The minimum atomic E-state index is 0.365. The first-order chi connectivity index (χ1) is 9.29. The van der Waals surface area contributed by atoms with Crippen LogP contribution in [0, 0.1) is 9.49 Å². The summed E-state index contributed by atoms with van der Waals surface area (Å²) >= 11 is 2.30. The molecule has 0 N–H and O–H groups in total. The third-order valence-corrected chi connectivity index (χ3v) is 4.44. The highest BCUT2D eigenvalue weighted by atomic mass is 127. The highest BCUT2D eigenvalue weighted by Crippen LogP contribution is 2.40. The number of rotatable bonds is 4. The van der Waals surface area contributed by atoms with Gasteiger partial charge in [-0.15, -0.1) is 0 Å². The molecule has 0 saturated carbocycles. The maximum absolute atomic E-state index is 5.86. The first-order valence-corrected chi connectivity index (χ1v) is 7.48. The predicted molar refractivity (Wildman–Crippen MR) is 79.5 cm³/mol. The standard InChI is InChI=1S/C13H17IN2O3/c1-17-8-18-6-9-4-10-7-19-12-11(14)2-3-15-13(12)16(10)5-9/h2-3,9-10H,4-8H2,1H3/t9?,10-/m0/s1. The first kappa shape index (κ1) is 13.4. The largest absolute Gasteiger partial charge is 0.486 e. The van der Waals surface area contributed by atoms with E-state index in [1.54, 1.807) is 7.11 Å². The monoisotopic (exact) mass is 376 g/mol. The molecule has 1 aromatic heterocycles. The molecule has 0 radical (unpaired) electrons. The molecule has 0 aromatic carbocycles. The molecule has 5 nitrogen and oxygen atoms in total. The molecule has 0 aliphatic carbocycles. The van der Waals surface area contributed by atoms with E-state index >= 15 is 0 Å². The Hall–Kier alpha value is -0.600. The van der Waals surface area contributed by atoms with Gasteiger partial charge >= 0.3 is 0 Å². The van der Waals surface area contributed by atoms with Gasteiger partial charge in [0.2, 0.25) is 0 Å². The summed E-state index contributed by atoms with van der Waals surface area (Å²) in [4.78, 5) is 6.85. The van der Waals surface area contributed by atoms with Crippen LogP contribution in [-0.2, 0) is 9.47 Å². The normalized spacial score (nSPS) is 24.8. The number of ether oxygens (including phenoxy) is 3. The Labute approximate surface area is 126 Å². The first-order valence-electron chi connectivity index (χ1n) is 6.40. The third kappa shape index (κ3) is 2.66. The second kappa shape index (κ2) is 5.80. The summed E-state index contributed by atoms with van der Waals surface area (Å²) in [5.74, 6) is 2.43. The Morgan fingerprint density at radius 2 is 2.47 bits per heavy atom. The predicted octanol–water partition coefficient (Wildman–Crippen LogP) is 1.89. The average Bonchev–Trinajstić information content (AvgIpc) is 2.82. The number of methoxy groups -OCH3 is 1. The van der Waals surface area contributed by atoms with E-state index in [0.717, 1.165) is 41.3 Å². The summed E-state index contributed by atoms with van der Waals surface area (Å²) < 4.78 is 17.4. The van der Waals surface area contributed by atoms with Gasteiger partial charge in [0.05, 0.1) is 16.2 Å². The number of halogens is 1. The van der Waals surface area contributed by atoms with Crippen molar-refractivity contribution in [2.75, 3.05) is 38.6 Å². The zero-order chi connectivity index (χ0) is 13.2. The summed E-state index contributed by atoms with van der Waals surface area (Å²) in [5.41, 5.74) is 0. The number of nitrogens with zero attached hydrogens (tertiary/aromatic N) is 2. The van der Waals surface area contributed by atoms with Gasteiger partial charge in [-0.25, -0.2) is 4.98 Å². The number of fused-ring (bicyclic) bond motifs is 3. The molecule has 1 saturated heterocycles. The van der Waals surface area contributed by atoms with Crippen LogP contribution in [0.15, 0.2) is 12.3 Å². The fourth-order valence-corrected chi connectivity index (χ4v) is 3.34. The summed E-state index contributed by atoms with van der Waals surface area (Å²) in [7, 11) is 1.65. The van der Waals surface area contributed by atoms with E-state index in [9.17, 15) is 0 Å². The molecule has 1 fully saturated rings. The van der Waals surface area contributed by atoms with E-state index in [4.69, 9.17) is 14.2 Å². The van der Waals surface area contributed by atoms with Crippen LogP contribution in [0.4, 0.5) is 5.82 Å². The molecule has 6 heteroatoms. The quantitative estimate of drug-likeness (QED) is 0.456. The van der Waals surface area contributed by atoms with Crippen molar-refractivity contribution in [3.05, 3.63) is 15.8 Å². The summed E-state index contributed by atoms with van der Waals surface area (Å²) in [5, 5.41) is 0. The molecule has 3 rings (SSSR count). The average molecular weight is 376 g/mol. The zero-order valence-electron chi connectivity index (χ0n) is 10.8. The zero-order valence-corrected chi connectivity index (χ0v) is 13.0. The lowest BCUT2D eigenvalue weighted by Crippen LogP contribution is -2.39. The number of anilines is 1. The van der Waals surface area contributed by atoms with Gasteiger partial charge in [-0.1, -0.05) is 0 Å². The van der Waals surface area contributed by atoms with Crippen molar-refractivity contribution < 1.29 is 14.2 Å². The van der Waals surface area contributed by atoms with Crippen LogP contribution in [0.2, 0.25) is 0 Å². The topological polar surface area (TPSA) is 43.8 Å². The van der Waals surface area contributed by atoms with Gasteiger partial charge in [0.1, 0.15) is 13.4 Å². The van der Waals surface area contributed by atoms with Crippen LogP contribution < -0.4 is 9.64 Å². The molecule has 104 valence electrons. The lowest BCUT2D eigenvalue weighted by Gasteiger charge is -2.32.